The topological polar surface area (TPSA) is 57.4 Å². The van der Waals surface area contributed by atoms with Gasteiger partial charge in [0.25, 0.3) is 0 Å². The molecular formula is C31H32N2O2. The molecule has 0 fully saturated rings. The van der Waals surface area contributed by atoms with Crippen LogP contribution in [0.2, 0.25) is 0 Å². The molecule has 5 rings (SSSR count). The molecule has 2 atom stereocenters. The van der Waals surface area contributed by atoms with E-state index in [4.69, 9.17) is 0 Å². The van der Waals surface area contributed by atoms with Gasteiger partial charge in [-0.3, -0.25) is 0 Å². The molecule has 4 nitrogen and oxygen atoms in total. The Bertz CT molecular complexity index is 1410. The SMILES string of the molecule is CC[C@@H](CO)NC[C@H](O)Cn1c(-c2ccccc2)c(-c2ccccc2)c2ccc3ccccc3c21. The molecule has 1 heterocycles. The third-order valence-electron chi connectivity index (χ3n) is 6.80. The van der Waals surface area contributed by atoms with Gasteiger partial charge in [0.15, 0.2) is 0 Å². The lowest BCUT2D eigenvalue weighted by Gasteiger charge is -2.20. The molecule has 0 spiro atoms. The smallest absolute Gasteiger partial charge is 0.0843 e. The lowest BCUT2D eigenvalue weighted by atomic mass is 9.97. The van der Waals surface area contributed by atoms with E-state index in [-0.39, 0.29) is 12.6 Å². The van der Waals surface area contributed by atoms with Crippen LogP contribution in [0.5, 0.6) is 0 Å². The van der Waals surface area contributed by atoms with Crippen molar-refractivity contribution >= 4 is 21.7 Å². The minimum atomic E-state index is -0.615. The fraction of sp³-hybridized carbons (Fsp3) is 0.226. The maximum absolute atomic E-state index is 11.2. The molecule has 0 saturated carbocycles. The molecule has 35 heavy (non-hydrogen) atoms. The first-order valence-electron chi connectivity index (χ1n) is 12.4. The van der Waals surface area contributed by atoms with Gasteiger partial charge in [-0.05, 0) is 22.9 Å². The van der Waals surface area contributed by atoms with Crippen molar-refractivity contribution in [1.29, 1.82) is 0 Å². The van der Waals surface area contributed by atoms with Gasteiger partial charge in [0.1, 0.15) is 0 Å². The van der Waals surface area contributed by atoms with E-state index in [1.807, 2.05) is 19.1 Å². The van der Waals surface area contributed by atoms with Gasteiger partial charge < -0.3 is 20.1 Å². The van der Waals surface area contributed by atoms with E-state index in [0.717, 1.165) is 28.8 Å². The van der Waals surface area contributed by atoms with E-state index in [1.54, 1.807) is 0 Å². The van der Waals surface area contributed by atoms with Crippen molar-refractivity contribution in [2.24, 2.45) is 0 Å². The molecule has 5 aromatic rings. The predicted molar refractivity (Wildman–Crippen MR) is 145 cm³/mol. The number of nitrogens with zero attached hydrogens (tertiary/aromatic N) is 1. The summed E-state index contributed by atoms with van der Waals surface area (Å²) < 4.78 is 2.29. The monoisotopic (exact) mass is 464 g/mol. The molecule has 0 aliphatic rings. The van der Waals surface area contributed by atoms with E-state index in [2.05, 4.69) is 94.8 Å². The zero-order chi connectivity index (χ0) is 24.2. The van der Waals surface area contributed by atoms with E-state index >= 15 is 0 Å². The van der Waals surface area contributed by atoms with Crippen molar-refractivity contribution in [2.45, 2.75) is 32.0 Å². The van der Waals surface area contributed by atoms with Crippen LogP contribution < -0.4 is 5.32 Å². The fourth-order valence-corrected chi connectivity index (χ4v) is 5.01. The van der Waals surface area contributed by atoms with Gasteiger partial charge in [-0.15, -0.1) is 0 Å². The Morgan fingerprint density at radius 2 is 1.43 bits per heavy atom. The summed E-state index contributed by atoms with van der Waals surface area (Å²) >= 11 is 0. The molecule has 0 radical (unpaired) electrons. The van der Waals surface area contributed by atoms with Crippen molar-refractivity contribution in [3.05, 3.63) is 97.1 Å². The molecule has 4 aromatic carbocycles. The van der Waals surface area contributed by atoms with Gasteiger partial charge >= 0.3 is 0 Å². The minimum Gasteiger partial charge on any atom is -0.395 e. The number of fused-ring (bicyclic) bond motifs is 3. The van der Waals surface area contributed by atoms with Crippen LogP contribution in [0.4, 0.5) is 0 Å². The van der Waals surface area contributed by atoms with Crippen LogP contribution in [0.15, 0.2) is 97.1 Å². The number of hydrogen-bond acceptors (Lipinski definition) is 3. The highest BCUT2D eigenvalue weighted by Gasteiger charge is 2.23. The summed E-state index contributed by atoms with van der Waals surface area (Å²) in [5.74, 6) is 0. The summed E-state index contributed by atoms with van der Waals surface area (Å²) in [6.07, 6.45) is 0.199. The van der Waals surface area contributed by atoms with Crippen molar-refractivity contribution in [3.63, 3.8) is 0 Å². The summed E-state index contributed by atoms with van der Waals surface area (Å²) in [5, 5.41) is 27.6. The Hall–Kier alpha value is -3.44. The van der Waals surface area contributed by atoms with E-state index < -0.39 is 6.10 Å². The highest BCUT2D eigenvalue weighted by molar-refractivity contribution is 6.15. The summed E-state index contributed by atoms with van der Waals surface area (Å²) in [6, 6.07) is 33.8. The average Bonchev–Trinajstić information content (AvgIpc) is 3.24. The summed E-state index contributed by atoms with van der Waals surface area (Å²) in [7, 11) is 0. The van der Waals surface area contributed by atoms with Gasteiger partial charge in [0.2, 0.25) is 0 Å². The first-order chi connectivity index (χ1) is 17.2. The second-order valence-electron chi connectivity index (χ2n) is 9.10. The fourth-order valence-electron chi connectivity index (χ4n) is 5.01. The molecule has 0 saturated heterocycles. The Labute approximate surface area is 206 Å². The highest BCUT2D eigenvalue weighted by Crippen LogP contribution is 2.43. The van der Waals surface area contributed by atoms with Gasteiger partial charge in [0, 0.05) is 28.9 Å². The van der Waals surface area contributed by atoms with Gasteiger partial charge in [-0.25, -0.2) is 0 Å². The lowest BCUT2D eigenvalue weighted by molar-refractivity contribution is 0.141. The van der Waals surface area contributed by atoms with Crippen LogP contribution >= 0.6 is 0 Å². The Balaban J connectivity index is 1.75. The van der Waals surface area contributed by atoms with Gasteiger partial charge in [0.05, 0.1) is 30.5 Å². The van der Waals surface area contributed by atoms with Crippen LogP contribution in [0, 0.1) is 0 Å². The number of nitrogens with one attached hydrogen (secondary N) is 1. The average molecular weight is 465 g/mol. The van der Waals surface area contributed by atoms with E-state index in [1.165, 1.54) is 21.7 Å². The number of rotatable bonds is 9. The standard InChI is InChI=1S/C31H32N2O2/c1-2-25(21-34)32-19-26(35)20-33-30(24-14-7-4-8-15-24)29(23-12-5-3-6-13-23)28-18-17-22-11-9-10-16-27(22)31(28)33/h3-18,25-26,32,34-35H,2,19-21H2,1H3/t25-,26-/m0/s1. The third-order valence-corrected chi connectivity index (χ3v) is 6.80. The molecule has 3 N–H and O–H groups in total. The quantitative estimate of drug-likeness (QED) is 0.256. The first-order valence-corrected chi connectivity index (χ1v) is 12.4. The van der Waals surface area contributed by atoms with Crippen LogP contribution in [0.25, 0.3) is 44.1 Å². The van der Waals surface area contributed by atoms with Crippen molar-refractivity contribution in [2.75, 3.05) is 13.2 Å². The largest absolute Gasteiger partial charge is 0.395 e. The molecule has 178 valence electrons. The molecule has 0 amide bonds. The van der Waals surface area contributed by atoms with Crippen molar-refractivity contribution in [1.82, 2.24) is 9.88 Å². The molecule has 0 aliphatic carbocycles. The van der Waals surface area contributed by atoms with Crippen LogP contribution in [0.1, 0.15) is 13.3 Å². The second-order valence-corrected chi connectivity index (χ2v) is 9.10. The third kappa shape index (κ3) is 4.61. The second kappa shape index (κ2) is 10.4. The van der Waals surface area contributed by atoms with E-state index in [0.29, 0.717) is 13.1 Å². The number of hydrogen-bond donors (Lipinski definition) is 3. The summed E-state index contributed by atoms with van der Waals surface area (Å²) in [4.78, 5) is 0. The number of aliphatic hydroxyl groups is 2. The zero-order valence-electron chi connectivity index (χ0n) is 20.1. The first kappa shape index (κ1) is 23.3. The molecule has 0 bridgehead atoms. The Morgan fingerprint density at radius 3 is 2.11 bits per heavy atom. The number of aromatic nitrogens is 1. The lowest BCUT2D eigenvalue weighted by Crippen LogP contribution is -2.39. The molecule has 0 aliphatic heterocycles. The summed E-state index contributed by atoms with van der Waals surface area (Å²) in [5.41, 5.74) is 5.70. The highest BCUT2D eigenvalue weighted by atomic mass is 16.3. The maximum Gasteiger partial charge on any atom is 0.0843 e. The van der Waals surface area contributed by atoms with Crippen LogP contribution in [-0.2, 0) is 6.54 Å². The number of aliphatic hydroxyl groups excluding tert-OH is 2. The summed E-state index contributed by atoms with van der Waals surface area (Å²) in [6.45, 7) is 2.95. The molecule has 0 unspecified atom stereocenters. The van der Waals surface area contributed by atoms with Crippen LogP contribution in [-0.4, -0.2) is 40.1 Å². The van der Waals surface area contributed by atoms with E-state index in [9.17, 15) is 10.2 Å². The molecule has 4 heteroatoms. The molecule has 1 aromatic heterocycles. The van der Waals surface area contributed by atoms with Gasteiger partial charge in [-0.1, -0.05) is 104 Å². The predicted octanol–water partition coefficient (Wildman–Crippen LogP) is 5.85. The zero-order valence-corrected chi connectivity index (χ0v) is 20.1. The Kier molecular flexibility index (Phi) is 6.96. The Morgan fingerprint density at radius 1 is 0.771 bits per heavy atom. The maximum atomic E-state index is 11.2. The molecular weight excluding hydrogens is 432 g/mol. The van der Waals surface area contributed by atoms with Crippen molar-refractivity contribution < 1.29 is 10.2 Å². The number of benzene rings is 4. The van der Waals surface area contributed by atoms with Crippen LogP contribution in [0.3, 0.4) is 0 Å². The van der Waals surface area contributed by atoms with Crippen molar-refractivity contribution in [3.8, 4) is 22.4 Å². The normalized spacial score (nSPS) is 13.3. The minimum absolute atomic E-state index is 0.0136. The van der Waals surface area contributed by atoms with Gasteiger partial charge in [-0.2, -0.15) is 0 Å².